The number of anilines is 1. The fourth-order valence-electron chi connectivity index (χ4n) is 4.89. The van der Waals surface area contributed by atoms with E-state index in [0.29, 0.717) is 22.6 Å². The van der Waals surface area contributed by atoms with Gasteiger partial charge in [-0.2, -0.15) is 13.4 Å². The molecule has 4 aromatic heterocycles. The van der Waals surface area contributed by atoms with E-state index < -0.39 is 21.1 Å². The van der Waals surface area contributed by atoms with Crippen LogP contribution in [0.15, 0.2) is 90.2 Å². The third kappa shape index (κ3) is 9.43. The van der Waals surface area contributed by atoms with Crippen LogP contribution in [-0.4, -0.2) is 80.4 Å². The van der Waals surface area contributed by atoms with Gasteiger partial charge in [-0.1, -0.05) is 44.2 Å². The topological polar surface area (TPSA) is 259 Å². The Bertz CT molecular complexity index is 2420. The predicted molar refractivity (Wildman–Crippen MR) is 195 cm³/mol. The highest BCUT2D eigenvalue weighted by atomic mass is 32.2. The number of aromatic nitrogens is 8. The molecule has 0 spiro atoms. The highest BCUT2D eigenvalue weighted by Crippen LogP contribution is 2.42. The zero-order chi connectivity index (χ0) is 39.7. The fraction of sp³-hybridized carbons (Fsp3) is 0.200. The summed E-state index contributed by atoms with van der Waals surface area (Å²) >= 11 is 0. The molecule has 0 fully saturated rings. The Morgan fingerprint density at radius 3 is 2.45 bits per heavy atom. The van der Waals surface area contributed by atoms with E-state index in [2.05, 4.69) is 50.1 Å². The monoisotopic (exact) mass is 784 g/mol. The number of H-pyrrole nitrogens is 1. The summed E-state index contributed by atoms with van der Waals surface area (Å²) in [5, 5.41) is 23.0. The number of carbonyl (C=O) groups is 1. The maximum atomic E-state index is 13.9. The van der Waals surface area contributed by atoms with E-state index in [-0.39, 0.29) is 71.2 Å². The van der Waals surface area contributed by atoms with Crippen LogP contribution in [0.1, 0.15) is 41.3 Å². The number of tetrazole rings is 1. The number of ether oxygens (including phenoxy) is 4. The van der Waals surface area contributed by atoms with Crippen LogP contribution in [0, 0.1) is 10.1 Å². The van der Waals surface area contributed by atoms with E-state index in [9.17, 15) is 23.3 Å². The van der Waals surface area contributed by atoms with E-state index in [4.69, 9.17) is 18.9 Å². The predicted octanol–water partition coefficient (Wildman–Crippen LogP) is 4.78. The zero-order valence-corrected chi connectivity index (χ0v) is 30.7. The first-order valence-corrected chi connectivity index (χ1v) is 18.1. The van der Waals surface area contributed by atoms with E-state index in [1.54, 1.807) is 42.5 Å². The first-order chi connectivity index (χ1) is 27.0. The molecule has 6 aromatic rings. The van der Waals surface area contributed by atoms with Crippen molar-refractivity contribution in [1.29, 1.82) is 0 Å². The number of pyridine rings is 2. The lowest BCUT2D eigenvalue weighted by Crippen LogP contribution is -2.18. The summed E-state index contributed by atoms with van der Waals surface area (Å²) in [6, 6.07) is 18.6. The molecule has 0 unspecified atom stereocenters. The second-order valence-corrected chi connectivity index (χ2v) is 13.5. The number of hydrogen-bond donors (Lipinski definition) is 2. The second-order valence-electron chi connectivity index (χ2n) is 11.8. The molecule has 0 radical (unpaired) electrons. The van der Waals surface area contributed by atoms with Crippen molar-refractivity contribution in [3.8, 4) is 46.0 Å². The van der Waals surface area contributed by atoms with Gasteiger partial charge in [-0.05, 0) is 69.9 Å². The van der Waals surface area contributed by atoms with Crippen molar-refractivity contribution in [3.63, 3.8) is 0 Å². The Morgan fingerprint density at radius 1 is 0.982 bits per heavy atom. The zero-order valence-electron chi connectivity index (χ0n) is 29.9. The largest absolute Gasteiger partial charge is 0.493 e. The van der Waals surface area contributed by atoms with Gasteiger partial charge in [0, 0.05) is 18.0 Å². The molecular formula is C35H32N10O10S. The molecule has 0 saturated carbocycles. The van der Waals surface area contributed by atoms with Gasteiger partial charge in [0.15, 0.2) is 34.0 Å². The maximum absolute atomic E-state index is 13.9. The van der Waals surface area contributed by atoms with Crippen molar-refractivity contribution >= 4 is 21.8 Å². The van der Waals surface area contributed by atoms with Crippen LogP contribution in [0.3, 0.4) is 0 Å². The number of para-hydroxylation sites is 2. The molecule has 0 saturated heterocycles. The second kappa shape index (κ2) is 17.2. The van der Waals surface area contributed by atoms with E-state index in [0.717, 1.165) is 5.56 Å². The molecule has 0 atom stereocenters. The molecule has 2 aromatic carbocycles. The molecule has 0 bridgehead atoms. The van der Waals surface area contributed by atoms with Crippen molar-refractivity contribution in [2.75, 3.05) is 25.0 Å². The van der Waals surface area contributed by atoms with E-state index in [1.165, 1.54) is 49.8 Å². The van der Waals surface area contributed by atoms with Crippen molar-refractivity contribution in [3.05, 3.63) is 112 Å². The quantitative estimate of drug-likeness (QED) is 0.0545. The Labute approximate surface area is 318 Å². The van der Waals surface area contributed by atoms with Crippen LogP contribution in [0.2, 0.25) is 0 Å². The minimum absolute atomic E-state index is 0.0255. The number of esters is 1. The third-order valence-electron chi connectivity index (χ3n) is 7.74. The Balaban J connectivity index is 1.36. The van der Waals surface area contributed by atoms with Gasteiger partial charge in [-0.3, -0.25) is 9.71 Å². The normalized spacial score (nSPS) is 11.1. The molecule has 4 heterocycles. The lowest BCUT2D eigenvalue weighted by Gasteiger charge is -2.18. The molecule has 56 heavy (non-hydrogen) atoms. The summed E-state index contributed by atoms with van der Waals surface area (Å²) in [4.78, 5) is 45.2. The molecule has 6 rings (SSSR count). The van der Waals surface area contributed by atoms with Gasteiger partial charge in [0.1, 0.15) is 25.5 Å². The van der Waals surface area contributed by atoms with Gasteiger partial charge < -0.3 is 23.8 Å². The number of carbonyl (C=O) groups excluding carboxylic acids is 1. The Hall–Kier alpha value is -7.29. The number of aromatic amines is 1. The Morgan fingerprint density at radius 2 is 1.77 bits per heavy atom. The van der Waals surface area contributed by atoms with Crippen molar-refractivity contribution < 1.29 is 42.1 Å². The Kier molecular flexibility index (Phi) is 11.8. The molecule has 21 heteroatoms. The highest BCUT2D eigenvalue weighted by molar-refractivity contribution is 7.92. The highest BCUT2D eigenvalue weighted by Gasteiger charge is 2.27. The van der Waals surface area contributed by atoms with Gasteiger partial charge in [0.25, 0.3) is 21.0 Å². The van der Waals surface area contributed by atoms with Crippen LogP contribution < -0.4 is 18.9 Å². The van der Waals surface area contributed by atoms with Gasteiger partial charge in [0.2, 0.25) is 5.75 Å². The standard InChI is InChI=1S/C35H32N10O10S/c1-21(2)25-12-13-29(37-19-25)56(49,50)42-33-30(55-28-7-5-4-6-27(28)51-3)34(39-31(38-33)24-14-15-36-26(18-24)32-40-43-44-41-32)52-16-17-53-35(46)23-10-8-22(9-11-23)20-54-45(47)48/h4-15,18-19,21H,16-17,20H2,1-3H3,(H,38,39,42)(H,40,41,43,44). The van der Waals surface area contributed by atoms with Gasteiger partial charge in [0.05, 0.1) is 12.7 Å². The molecule has 0 aliphatic heterocycles. The smallest absolute Gasteiger partial charge is 0.338 e. The summed E-state index contributed by atoms with van der Waals surface area (Å²) in [5.41, 5.74) is 2.16. The third-order valence-corrected chi connectivity index (χ3v) is 8.99. The number of rotatable bonds is 17. The molecule has 20 nitrogen and oxygen atoms in total. The molecule has 0 amide bonds. The van der Waals surface area contributed by atoms with E-state index in [1.807, 2.05) is 13.8 Å². The number of methoxy groups -OCH3 is 1. The molecule has 288 valence electrons. The number of sulfonamides is 1. The van der Waals surface area contributed by atoms with Gasteiger partial charge in [-0.25, -0.2) is 19.9 Å². The number of hydrogen-bond acceptors (Lipinski definition) is 17. The van der Waals surface area contributed by atoms with Crippen molar-refractivity contribution in [1.82, 2.24) is 40.6 Å². The number of benzene rings is 2. The van der Waals surface area contributed by atoms with Crippen molar-refractivity contribution in [2.24, 2.45) is 0 Å². The van der Waals surface area contributed by atoms with Crippen molar-refractivity contribution in [2.45, 2.75) is 31.4 Å². The first kappa shape index (κ1) is 38.4. The minimum atomic E-state index is -4.40. The van der Waals surface area contributed by atoms with Gasteiger partial charge >= 0.3 is 5.97 Å². The first-order valence-electron chi connectivity index (χ1n) is 16.6. The van der Waals surface area contributed by atoms with Crippen LogP contribution in [0.25, 0.3) is 22.9 Å². The fourth-order valence-corrected chi connectivity index (χ4v) is 5.83. The summed E-state index contributed by atoms with van der Waals surface area (Å²) in [5.74, 6) is -0.743. The number of nitrogens with zero attached hydrogens (tertiary/aromatic N) is 8. The molecule has 0 aliphatic rings. The maximum Gasteiger partial charge on any atom is 0.338 e. The van der Waals surface area contributed by atoms with Crippen LogP contribution in [0.5, 0.6) is 23.1 Å². The minimum Gasteiger partial charge on any atom is -0.493 e. The lowest BCUT2D eigenvalue weighted by molar-refractivity contribution is -0.763. The van der Waals surface area contributed by atoms with Crippen LogP contribution in [0.4, 0.5) is 5.82 Å². The summed E-state index contributed by atoms with van der Waals surface area (Å²) < 4.78 is 53.3. The van der Waals surface area contributed by atoms with Crippen LogP contribution >= 0.6 is 0 Å². The summed E-state index contributed by atoms with van der Waals surface area (Å²) in [6.45, 7) is 3.05. The van der Waals surface area contributed by atoms with Gasteiger partial charge in [-0.15, -0.1) is 15.2 Å². The summed E-state index contributed by atoms with van der Waals surface area (Å²) in [7, 11) is -2.96. The molecule has 2 N–H and O–H groups in total. The lowest BCUT2D eigenvalue weighted by atomic mass is 10.1. The summed E-state index contributed by atoms with van der Waals surface area (Å²) in [6.07, 6.45) is 2.93. The van der Waals surface area contributed by atoms with Crippen LogP contribution in [-0.2, 0) is 26.2 Å². The molecule has 0 aliphatic carbocycles. The molecular weight excluding hydrogens is 753 g/mol. The van der Waals surface area contributed by atoms with E-state index >= 15 is 0 Å². The average Bonchev–Trinajstić information content (AvgIpc) is 3.75. The SMILES string of the molecule is COc1ccccc1Oc1c(NS(=O)(=O)c2ccc(C(C)C)cn2)nc(-c2ccnc(-c3nnn[nH]3)c2)nc1OCCOC(=O)c1ccc(CO[N+](=O)[O-])cc1. The average molecular weight is 785 g/mol. The number of nitrogens with one attached hydrogen (secondary N) is 2.